The molecule has 0 bridgehead atoms. The number of carbonyl (C=O) groups is 1. The van der Waals surface area contributed by atoms with Crippen molar-refractivity contribution in [1.82, 2.24) is 0 Å². The van der Waals surface area contributed by atoms with Gasteiger partial charge in [-0.15, -0.1) is 0 Å². The molecular formula is C18H17NO5. The van der Waals surface area contributed by atoms with Gasteiger partial charge >= 0.3 is 0 Å². The van der Waals surface area contributed by atoms with E-state index < -0.39 is 12.4 Å². The second-order valence-electron chi connectivity index (χ2n) is 5.79. The summed E-state index contributed by atoms with van der Waals surface area (Å²) in [6, 6.07) is 8.21. The van der Waals surface area contributed by atoms with Crippen molar-refractivity contribution in [3.05, 3.63) is 62.7 Å². The predicted molar refractivity (Wildman–Crippen MR) is 87.8 cm³/mol. The van der Waals surface area contributed by atoms with Crippen LogP contribution in [0.4, 0.5) is 5.69 Å². The highest BCUT2D eigenvalue weighted by molar-refractivity contribution is 5.99. The summed E-state index contributed by atoms with van der Waals surface area (Å²) in [5.74, 6) is 0.496. The molecule has 6 heteroatoms. The maximum absolute atomic E-state index is 11.9. The van der Waals surface area contributed by atoms with Gasteiger partial charge in [0, 0.05) is 17.2 Å². The number of benzene rings is 2. The summed E-state index contributed by atoms with van der Waals surface area (Å²) >= 11 is 0. The van der Waals surface area contributed by atoms with Gasteiger partial charge < -0.3 is 9.84 Å². The van der Waals surface area contributed by atoms with Crippen LogP contribution in [0.15, 0.2) is 30.3 Å². The molecule has 0 saturated carbocycles. The first-order valence-electron chi connectivity index (χ1n) is 7.73. The number of Topliss-reactive ketones (excluding diaryl/α,β-unsaturated/α-hetero) is 1. The van der Waals surface area contributed by atoms with E-state index in [1.54, 1.807) is 31.2 Å². The van der Waals surface area contributed by atoms with Crippen molar-refractivity contribution >= 4 is 11.5 Å². The number of hydrogen-bond acceptors (Lipinski definition) is 5. The van der Waals surface area contributed by atoms with Gasteiger partial charge in [-0.2, -0.15) is 0 Å². The van der Waals surface area contributed by atoms with Crippen LogP contribution in [-0.4, -0.2) is 22.4 Å². The lowest BCUT2D eigenvalue weighted by Gasteiger charge is -2.15. The zero-order valence-corrected chi connectivity index (χ0v) is 13.2. The molecule has 0 radical (unpaired) electrons. The number of hydrogen-bond donors (Lipinski definition) is 1. The van der Waals surface area contributed by atoms with Crippen molar-refractivity contribution in [2.75, 3.05) is 6.61 Å². The van der Waals surface area contributed by atoms with Gasteiger partial charge in [-0.25, -0.2) is 0 Å². The molecule has 124 valence electrons. The molecule has 0 heterocycles. The Kier molecular flexibility index (Phi) is 4.31. The van der Waals surface area contributed by atoms with Crippen LogP contribution in [0.25, 0.3) is 0 Å². The lowest BCUT2D eigenvalue weighted by atomic mass is 10.0. The van der Waals surface area contributed by atoms with Gasteiger partial charge in [-0.1, -0.05) is 12.1 Å². The second kappa shape index (κ2) is 6.41. The van der Waals surface area contributed by atoms with E-state index in [9.17, 15) is 14.9 Å². The summed E-state index contributed by atoms with van der Waals surface area (Å²) in [6.07, 6.45) is 2.20. The van der Waals surface area contributed by atoms with E-state index in [2.05, 4.69) is 0 Å². The number of aryl methyl sites for hydroxylation is 1. The molecule has 0 unspecified atom stereocenters. The van der Waals surface area contributed by atoms with Crippen molar-refractivity contribution in [1.29, 1.82) is 0 Å². The maximum Gasteiger partial charge on any atom is 0.273 e. The number of fused-ring (bicyclic) bond motifs is 1. The highest BCUT2D eigenvalue weighted by atomic mass is 16.6. The summed E-state index contributed by atoms with van der Waals surface area (Å²) in [5, 5.41) is 20.4. The fourth-order valence-corrected chi connectivity index (χ4v) is 3.16. The standard InChI is InChI=1S/C18H17NO5/c1-11-9-15(19(22)23)12-6-4-7-13(12)18(11)24-17-8-3-2-5-14(17)16(21)10-20/h2-3,5,8-9,20H,4,6-7,10H2,1H3. The Morgan fingerprint density at radius 2 is 2.00 bits per heavy atom. The minimum Gasteiger partial charge on any atom is -0.456 e. The van der Waals surface area contributed by atoms with E-state index in [0.717, 1.165) is 12.0 Å². The number of aliphatic hydroxyl groups is 1. The lowest BCUT2D eigenvalue weighted by Crippen LogP contribution is -2.07. The Labute approximate surface area is 138 Å². The normalized spacial score (nSPS) is 12.8. The van der Waals surface area contributed by atoms with Crippen LogP contribution in [0.2, 0.25) is 0 Å². The third-order valence-corrected chi connectivity index (χ3v) is 4.25. The van der Waals surface area contributed by atoms with E-state index in [4.69, 9.17) is 9.84 Å². The Morgan fingerprint density at radius 3 is 2.71 bits per heavy atom. The van der Waals surface area contributed by atoms with Crippen molar-refractivity contribution in [2.45, 2.75) is 26.2 Å². The predicted octanol–water partition coefficient (Wildman–Crippen LogP) is 3.36. The van der Waals surface area contributed by atoms with Crippen molar-refractivity contribution in [3.63, 3.8) is 0 Å². The second-order valence-corrected chi connectivity index (χ2v) is 5.79. The minimum absolute atomic E-state index is 0.132. The third kappa shape index (κ3) is 2.76. The van der Waals surface area contributed by atoms with Gasteiger partial charge in [0.25, 0.3) is 5.69 Å². The number of ether oxygens (including phenoxy) is 1. The quantitative estimate of drug-likeness (QED) is 0.516. The first-order chi connectivity index (χ1) is 11.5. The summed E-state index contributed by atoms with van der Waals surface area (Å²) in [6.45, 7) is 1.16. The first-order valence-corrected chi connectivity index (χ1v) is 7.73. The van der Waals surface area contributed by atoms with Crippen molar-refractivity contribution in [3.8, 4) is 11.5 Å². The molecule has 1 aliphatic rings. The van der Waals surface area contributed by atoms with Crippen LogP contribution in [-0.2, 0) is 12.8 Å². The highest BCUT2D eigenvalue weighted by Gasteiger charge is 2.28. The molecule has 1 aliphatic carbocycles. The van der Waals surface area contributed by atoms with Crippen LogP contribution in [0.1, 0.15) is 33.5 Å². The van der Waals surface area contributed by atoms with E-state index in [1.807, 2.05) is 0 Å². The number of nitro groups is 1. The van der Waals surface area contributed by atoms with Gasteiger partial charge in [0.2, 0.25) is 0 Å². The zero-order chi connectivity index (χ0) is 17.3. The molecule has 3 rings (SSSR count). The Balaban J connectivity index is 2.08. The third-order valence-electron chi connectivity index (χ3n) is 4.25. The molecule has 24 heavy (non-hydrogen) atoms. The molecule has 0 aliphatic heterocycles. The average Bonchev–Trinajstić information content (AvgIpc) is 3.06. The fraction of sp³-hybridized carbons (Fsp3) is 0.278. The maximum atomic E-state index is 11.9. The fourth-order valence-electron chi connectivity index (χ4n) is 3.16. The van der Waals surface area contributed by atoms with E-state index in [1.165, 1.54) is 6.07 Å². The number of ketones is 1. The molecule has 2 aromatic carbocycles. The summed E-state index contributed by atoms with van der Waals surface area (Å²) in [7, 11) is 0. The molecule has 0 amide bonds. The Morgan fingerprint density at radius 1 is 1.29 bits per heavy atom. The zero-order valence-electron chi connectivity index (χ0n) is 13.2. The van der Waals surface area contributed by atoms with Crippen LogP contribution >= 0.6 is 0 Å². The first kappa shape index (κ1) is 16.1. The van der Waals surface area contributed by atoms with E-state index >= 15 is 0 Å². The molecule has 0 spiro atoms. The van der Waals surface area contributed by atoms with Gasteiger partial charge in [0.1, 0.15) is 18.1 Å². The number of nitrogens with zero attached hydrogens (tertiary/aromatic N) is 1. The number of nitro benzene ring substituents is 1. The monoisotopic (exact) mass is 327 g/mol. The minimum atomic E-state index is -0.599. The molecule has 0 atom stereocenters. The highest BCUT2D eigenvalue weighted by Crippen LogP contribution is 2.41. The summed E-state index contributed by atoms with van der Waals surface area (Å²) in [4.78, 5) is 22.8. The topological polar surface area (TPSA) is 89.7 Å². The van der Waals surface area contributed by atoms with Crippen molar-refractivity contribution < 1.29 is 19.6 Å². The molecule has 2 aromatic rings. The van der Waals surface area contributed by atoms with Gasteiger partial charge in [-0.05, 0) is 43.9 Å². The smallest absolute Gasteiger partial charge is 0.273 e. The van der Waals surface area contributed by atoms with Crippen LogP contribution < -0.4 is 4.74 Å². The number of carbonyl (C=O) groups excluding carboxylic acids is 1. The number of aliphatic hydroxyl groups excluding tert-OH is 1. The van der Waals surface area contributed by atoms with Crippen LogP contribution in [0.3, 0.4) is 0 Å². The molecule has 6 nitrogen and oxygen atoms in total. The van der Waals surface area contributed by atoms with Crippen LogP contribution in [0.5, 0.6) is 11.5 Å². The average molecular weight is 327 g/mol. The summed E-state index contributed by atoms with van der Waals surface area (Å²) in [5.41, 5.74) is 2.64. The van der Waals surface area contributed by atoms with E-state index in [-0.39, 0.29) is 10.6 Å². The summed E-state index contributed by atoms with van der Waals surface area (Å²) < 4.78 is 5.99. The SMILES string of the molecule is Cc1cc([N+](=O)[O-])c2c(c1Oc1ccccc1C(=O)CO)CCC2. The lowest BCUT2D eigenvalue weighted by molar-refractivity contribution is -0.385. The molecule has 0 saturated heterocycles. The van der Waals surface area contributed by atoms with E-state index in [0.29, 0.717) is 41.0 Å². The van der Waals surface area contributed by atoms with Crippen molar-refractivity contribution in [2.24, 2.45) is 0 Å². The van der Waals surface area contributed by atoms with Crippen LogP contribution in [0, 0.1) is 17.0 Å². The number of rotatable bonds is 5. The molecule has 0 fully saturated rings. The molecule has 1 N–H and O–H groups in total. The molecular weight excluding hydrogens is 310 g/mol. The Hall–Kier alpha value is -2.73. The number of para-hydroxylation sites is 1. The molecule has 0 aromatic heterocycles. The van der Waals surface area contributed by atoms with Gasteiger partial charge in [0.05, 0.1) is 10.5 Å². The van der Waals surface area contributed by atoms with Gasteiger partial charge in [0.15, 0.2) is 5.78 Å². The largest absolute Gasteiger partial charge is 0.456 e. The Bertz CT molecular complexity index is 828. The van der Waals surface area contributed by atoms with Gasteiger partial charge in [-0.3, -0.25) is 14.9 Å².